The number of carbonyl (C=O) groups excluding carboxylic acids is 1. The van der Waals surface area contributed by atoms with Gasteiger partial charge >= 0.3 is 0 Å². The van der Waals surface area contributed by atoms with Gasteiger partial charge in [0.1, 0.15) is 0 Å². The number of ketones is 1. The average Bonchev–Trinajstić information content (AvgIpc) is 2.82. The molecule has 1 aliphatic rings. The first kappa shape index (κ1) is 21.5. The third-order valence-electron chi connectivity index (χ3n) is 5.13. The molecule has 0 bridgehead atoms. The predicted molar refractivity (Wildman–Crippen MR) is 124 cm³/mol. The molecular weight excluding hydrogens is 428 g/mol. The summed E-state index contributed by atoms with van der Waals surface area (Å²) in [6.07, 6.45) is 1.23. The van der Waals surface area contributed by atoms with E-state index in [1.807, 2.05) is 30.3 Å². The minimum atomic E-state index is -4.10. The smallest absolute Gasteiger partial charge is 0.270 e. The summed E-state index contributed by atoms with van der Waals surface area (Å²) < 4.78 is 38.7. The highest BCUT2D eigenvalue weighted by Gasteiger charge is 2.40. The Morgan fingerprint density at radius 1 is 0.906 bits per heavy atom. The van der Waals surface area contributed by atoms with E-state index in [0.717, 1.165) is 5.56 Å². The number of Topliss-reactive ketones (excluding diaryl/α,β-unsaturated/α-hetero) is 1. The van der Waals surface area contributed by atoms with Gasteiger partial charge in [0, 0.05) is 23.5 Å². The molecule has 0 aliphatic carbocycles. The number of methoxy groups -OCH3 is 2. The molecular formula is C24H22N2O5S. The highest BCUT2D eigenvalue weighted by Crippen LogP contribution is 2.36. The van der Waals surface area contributed by atoms with Crippen LogP contribution in [0.15, 0.2) is 83.9 Å². The van der Waals surface area contributed by atoms with Crippen LogP contribution in [0.4, 0.5) is 11.4 Å². The summed E-state index contributed by atoms with van der Waals surface area (Å²) in [5.74, 6) is 0.456. The number of nitrogens with one attached hydrogen (secondary N) is 1. The van der Waals surface area contributed by atoms with E-state index < -0.39 is 15.8 Å². The Morgan fingerprint density at radius 2 is 1.59 bits per heavy atom. The van der Waals surface area contributed by atoms with E-state index in [0.29, 0.717) is 28.4 Å². The molecule has 0 amide bonds. The molecule has 1 aliphatic heterocycles. The fourth-order valence-corrected chi connectivity index (χ4v) is 5.04. The van der Waals surface area contributed by atoms with Gasteiger partial charge in [0.25, 0.3) is 10.0 Å². The number of rotatable bonds is 6. The van der Waals surface area contributed by atoms with Gasteiger partial charge in [-0.3, -0.25) is 9.10 Å². The molecule has 1 heterocycles. The molecule has 0 atom stereocenters. The Labute approximate surface area is 186 Å². The summed E-state index contributed by atoms with van der Waals surface area (Å²) in [5.41, 5.74) is 2.06. The van der Waals surface area contributed by atoms with Gasteiger partial charge in [-0.25, -0.2) is 8.42 Å². The molecule has 0 saturated heterocycles. The van der Waals surface area contributed by atoms with E-state index in [2.05, 4.69) is 5.32 Å². The van der Waals surface area contributed by atoms with Crippen LogP contribution >= 0.6 is 0 Å². The lowest BCUT2D eigenvalue weighted by Crippen LogP contribution is -2.39. The lowest BCUT2D eigenvalue weighted by Gasteiger charge is -2.31. The standard InChI is InChI=1S/C24H22N2O5S/c1-30-21-13-12-18(14-22(21)31-2)25-15-23-24(27)19-10-6-7-11-20(19)26(32(23,28)29)16-17-8-4-3-5-9-17/h3-15,25H,16H2,1-2H3/b23-15+. The maximum atomic E-state index is 13.5. The molecule has 8 heteroatoms. The van der Waals surface area contributed by atoms with Crippen molar-refractivity contribution >= 4 is 27.2 Å². The van der Waals surface area contributed by atoms with Crippen LogP contribution in [0.25, 0.3) is 0 Å². The Hall–Kier alpha value is -3.78. The van der Waals surface area contributed by atoms with Gasteiger partial charge in [-0.2, -0.15) is 0 Å². The summed E-state index contributed by atoms with van der Waals surface area (Å²) in [7, 11) is -1.06. The molecule has 164 valence electrons. The Morgan fingerprint density at radius 3 is 2.31 bits per heavy atom. The zero-order valence-corrected chi connectivity index (χ0v) is 18.4. The van der Waals surface area contributed by atoms with Crippen molar-refractivity contribution in [1.82, 2.24) is 0 Å². The molecule has 0 radical (unpaired) electrons. The maximum Gasteiger partial charge on any atom is 0.270 e. The van der Waals surface area contributed by atoms with Crippen molar-refractivity contribution in [1.29, 1.82) is 0 Å². The molecule has 32 heavy (non-hydrogen) atoms. The van der Waals surface area contributed by atoms with Crippen molar-refractivity contribution in [3.8, 4) is 11.5 Å². The number of benzene rings is 3. The highest BCUT2D eigenvalue weighted by atomic mass is 32.2. The molecule has 3 aromatic rings. The molecule has 4 rings (SSSR count). The van der Waals surface area contributed by atoms with E-state index in [4.69, 9.17) is 9.47 Å². The van der Waals surface area contributed by atoms with Crippen molar-refractivity contribution in [2.45, 2.75) is 6.54 Å². The largest absolute Gasteiger partial charge is 0.493 e. The molecule has 3 aromatic carbocycles. The quantitative estimate of drug-likeness (QED) is 0.567. The first-order valence-electron chi connectivity index (χ1n) is 9.85. The van der Waals surface area contributed by atoms with Gasteiger partial charge in [-0.1, -0.05) is 42.5 Å². The molecule has 0 spiro atoms. The van der Waals surface area contributed by atoms with Gasteiger partial charge in [-0.05, 0) is 29.8 Å². The summed E-state index contributed by atoms with van der Waals surface area (Å²) in [5, 5.41) is 2.92. The van der Waals surface area contributed by atoms with E-state index >= 15 is 0 Å². The fraction of sp³-hybridized carbons (Fsp3) is 0.125. The number of hydrogen-bond donors (Lipinski definition) is 1. The van der Waals surface area contributed by atoms with Gasteiger partial charge in [0.2, 0.25) is 5.78 Å². The predicted octanol–water partition coefficient (Wildman–Crippen LogP) is 4.19. The maximum absolute atomic E-state index is 13.5. The third kappa shape index (κ3) is 3.92. The van der Waals surface area contributed by atoms with E-state index in [1.54, 1.807) is 42.5 Å². The second kappa shape index (κ2) is 8.76. The van der Waals surface area contributed by atoms with Crippen LogP contribution in [0.2, 0.25) is 0 Å². The number of nitrogens with zero attached hydrogens (tertiary/aromatic N) is 1. The first-order chi connectivity index (χ1) is 15.5. The lowest BCUT2D eigenvalue weighted by molar-refractivity contribution is 0.104. The highest BCUT2D eigenvalue weighted by molar-refractivity contribution is 7.97. The van der Waals surface area contributed by atoms with Crippen molar-refractivity contribution in [3.05, 3.63) is 95.0 Å². The van der Waals surface area contributed by atoms with Crippen LogP contribution in [-0.2, 0) is 16.6 Å². The molecule has 0 aromatic heterocycles. The summed E-state index contributed by atoms with van der Waals surface area (Å²) in [4.78, 5) is 12.8. The lowest BCUT2D eigenvalue weighted by atomic mass is 10.1. The zero-order chi connectivity index (χ0) is 22.7. The minimum Gasteiger partial charge on any atom is -0.493 e. The third-order valence-corrected chi connectivity index (χ3v) is 6.90. The van der Waals surface area contributed by atoms with Gasteiger partial charge < -0.3 is 14.8 Å². The van der Waals surface area contributed by atoms with E-state index in [1.165, 1.54) is 24.7 Å². The minimum absolute atomic E-state index is 0.112. The Balaban J connectivity index is 1.75. The summed E-state index contributed by atoms with van der Waals surface area (Å²) >= 11 is 0. The monoisotopic (exact) mass is 450 g/mol. The SMILES string of the molecule is COc1ccc(N/C=C2\C(=O)c3ccccc3N(Cc3ccccc3)S2(=O)=O)cc1OC. The van der Waals surface area contributed by atoms with Crippen LogP contribution in [0, 0.1) is 0 Å². The molecule has 7 nitrogen and oxygen atoms in total. The van der Waals surface area contributed by atoms with Crippen molar-refractivity contribution in [2.75, 3.05) is 23.8 Å². The van der Waals surface area contributed by atoms with Gasteiger partial charge in [0.05, 0.1) is 26.5 Å². The van der Waals surface area contributed by atoms with Crippen molar-refractivity contribution in [3.63, 3.8) is 0 Å². The Kier molecular flexibility index (Phi) is 5.87. The first-order valence-corrected chi connectivity index (χ1v) is 11.3. The number of para-hydroxylation sites is 1. The second-order valence-electron chi connectivity index (χ2n) is 7.07. The van der Waals surface area contributed by atoms with E-state index in [9.17, 15) is 13.2 Å². The molecule has 0 saturated carbocycles. The van der Waals surface area contributed by atoms with Crippen LogP contribution in [0.3, 0.4) is 0 Å². The number of allylic oxidation sites excluding steroid dienone is 1. The van der Waals surface area contributed by atoms with Crippen molar-refractivity contribution in [2.24, 2.45) is 0 Å². The molecule has 0 unspecified atom stereocenters. The normalized spacial score (nSPS) is 15.9. The van der Waals surface area contributed by atoms with Crippen LogP contribution in [0.5, 0.6) is 11.5 Å². The van der Waals surface area contributed by atoms with E-state index in [-0.39, 0.29) is 11.4 Å². The molecule has 0 fully saturated rings. The number of anilines is 2. The molecule has 1 N–H and O–H groups in total. The number of ether oxygens (including phenoxy) is 2. The van der Waals surface area contributed by atoms with Gasteiger partial charge in [-0.15, -0.1) is 0 Å². The van der Waals surface area contributed by atoms with Crippen molar-refractivity contribution < 1.29 is 22.7 Å². The van der Waals surface area contributed by atoms with Gasteiger partial charge in [0.15, 0.2) is 16.4 Å². The number of fused-ring (bicyclic) bond motifs is 1. The average molecular weight is 451 g/mol. The number of carbonyl (C=O) groups is 1. The Bertz CT molecular complexity index is 1290. The van der Waals surface area contributed by atoms with Crippen LogP contribution < -0.4 is 19.1 Å². The summed E-state index contributed by atoms with van der Waals surface area (Å²) in [6, 6.07) is 21.0. The summed E-state index contributed by atoms with van der Waals surface area (Å²) in [6.45, 7) is 0.112. The number of sulfonamides is 1. The number of hydrogen-bond acceptors (Lipinski definition) is 6. The van der Waals surface area contributed by atoms with Crippen LogP contribution in [-0.4, -0.2) is 28.4 Å². The van der Waals surface area contributed by atoms with Crippen LogP contribution in [0.1, 0.15) is 15.9 Å². The second-order valence-corrected chi connectivity index (χ2v) is 8.90. The fourth-order valence-electron chi connectivity index (χ4n) is 3.52. The topological polar surface area (TPSA) is 84.9 Å². The zero-order valence-electron chi connectivity index (χ0n) is 17.6.